The first-order valence-corrected chi connectivity index (χ1v) is 13.0. The van der Waals surface area contributed by atoms with Crippen LogP contribution in [0.25, 0.3) is 0 Å². The van der Waals surface area contributed by atoms with Crippen molar-refractivity contribution in [3.05, 3.63) is 0 Å². The number of rotatable bonds is 20. The molecule has 0 saturated heterocycles. The van der Waals surface area contributed by atoms with Crippen molar-refractivity contribution in [2.24, 2.45) is 0 Å². The molecule has 0 heterocycles. The van der Waals surface area contributed by atoms with Gasteiger partial charge in [-0.3, -0.25) is 0 Å². The van der Waals surface area contributed by atoms with Gasteiger partial charge in [-0.15, -0.1) is 0 Å². The SMILES string of the molecule is CCCCCCCCCC(O)CCCC(CCCCCCCC)S(=O)(=O)[O-].[K+]. The molecule has 0 saturated carbocycles. The Morgan fingerprint density at radius 2 is 1.00 bits per heavy atom. The molecule has 0 spiro atoms. The number of aliphatic hydroxyl groups excluding tert-OH is 1. The fourth-order valence-electron chi connectivity index (χ4n) is 3.65. The van der Waals surface area contributed by atoms with Crippen LogP contribution in [0.5, 0.6) is 0 Å². The first kappa shape index (κ1) is 31.7. The summed E-state index contributed by atoms with van der Waals surface area (Å²) in [5.41, 5.74) is 0. The van der Waals surface area contributed by atoms with Gasteiger partial charge in [-0.05, 0) is 32.1 Å². The molecule has 0 aliphatic carbocycles. The van der Waals surface area contributed by atoms with Crippen molar-refractivity contribution in [2.75, 3.05) is 0 Å². The van der Waals surface area contributed by atoms with E-state index in [0.29, 0.717) is 25.7 Å². The van der Waals surface area contributed by atoms with Crippen molar-refractivity contribution >= 4 is 10.1 Å². The molecule has 1 N–H and O–H groups in total. The molecule has 4 nitrogen and oxygen atoms in total. The summed E-state index contributed by atoms with van der Waals surface area (Å²) in [5, 5.41) is 9.31. The minimum absolute atomic E-state index is 0. The van der Waals surface area contributed by atoms with E-state index in [1.165, 1.54) is 51.4 Å². The summed E-state index contributed by atoms with van der Waals surface area (Å²) >= 11 is 0. The molecule has 2 atom stereocenters. The third-order valence-corrected chi connectivity index (χ3v) is 6.78. The molecule has 28 heavy (non-hydrogen) atoms. The van der Waals surface area contributed by atoms with Crippen LogP contribution in [-0.2, 0) is 10.1 Å². The molecular formula is C22H45KO4S. The minimum atomic E-state index is -4.22. The molecule has 0 aromatic rings. The van der Waals surface area contributed by atoms with Crippen LogP contribution in [0.4, 0.5) is 0 Å². The summed E-state index contributed by atoms with van der Waals surface area (Å²) < 4.78 is 34.4. The molecule has 0 aliphatic heterocycles. The Hall–Kier alpha value is 1.51. The third-order valence-electron chi connectivity index (χ3n) is 5.49. The van der Waals surface area contributed by atoms with E-state index in [1.807, 2.05) is 0 Å². The van der Waals surface area contributed by atoms with Gasteiger partial charge in [-0.2, -0.15) is 0 Å². The first-order chi connectivity index (χ1) is 12.9. The van der Waals surface area contributed by atoms with E-state index in [1.54, 1.807) is 0 Å². The van der Waals surface area contributed by atoms with Gasteiger partial charge in [0, 0.05) is 5.25 Å². The number of aliphatic hydroxyl groups is 1. The monoisotopic (exact) mass is 444 g/mol. The van der Waals surface area contributed by atoms with Crippen molar-refractivity contribution in [1.29, 1.82) is 0 Å². The predicted molar refractivity (Wildman–Crippen MR) is 114 cm³/mol. The van der Waals surface area contributed by atoms with Crippen LogP contribution in [0.1, 0.15) is 129 Å². The molecular weight excluding hydrogens is 399 g/mol. The van der Waals surface area contributed by atoms with E-state index in [4.69, 9.17) is 0 Å². The van der Waals surface area contributed by atoms with Gasteiger partial charge in [0.15, 0.2) is 0 Å². The molecule has 0 rings (SSSR count). The van der Waals surface area contributed by atoms with E-state index in [-0.39, 0.29) is 57.5 Å². The molecule has 0 bridgehead atoms. The number of hydrogen-bond donors (Lipinski definition) is 1. The van der Waals surface area contributed by atoms with E-state index >= 15 is 0 Å². The molecule has 164 valence electrons. The zero-order valence-corrected chi connectivity index (χ0v) is 22.9. The number of hydrogen-bond acceptors (Lipinski definition) is 4. The topological polar surface area (TPSA) is 77.4 Å². The summed E-state index contributed by atoms with van der Waals surface area (Å²) in [4.78, 5) is 0. The molecule has 0 aromatic heterocycles. The maximum atomic E-state index is 11.5. The van der Waals surface area contributed by atoms with E-state index < -0.39 is 15.4 Å². The van der Waals surface area contributed by atoms with E-state index in [2.05, 4.69) is 13.8 Å². The van der Waals surface area contributed by atoms with Crippen LogP contribution in [0.2, 0.25) is 0 Å². The van der Waals surface area contributed by atoms with Crippen LogP contribution in [-0.4, -0.2) is 29.4 Å². The zero-order valence-electron chi connectivity index (χ0n) is 19.0. The van der Waals surface area contributed by atoms with Crippen LogP contribution < -0.4 is 51.4 Å². The standard InChI is InChI=1S/C22H46O4S.K/c1-3-5-7-9-11-12-14-17-21(23)18-16-20-22(27(24,25)26)19-15-13-10-8-6-4-2;/h21-23H,3-20H2,1-2H3,(H,24,25,26);/q;+1/p-1. The average Bonchev–Trinajstić information content (AvgIpc) is 2.61. The van der Waals surface area contributed by atoms with Gasteiger partial charge in [-0.25, -0.2) is 8.42 Å². The van der Waals surface area contributed by atoms with Crippen LogP contribution in [0.15, 0.2) is 0 Å². The van der Waals surface area contributed by atoms with Crippen molar-refractivity contribution in [2.45, 2.75) is 141 Å². The van der Waals surface area contributed by atoms with Crippen molar-refractivity contribution in [1.82, 2.24) is 0 Å². The Bertz CT molecular complexity index is 415. The van der Waals surface area contributed by atoms with Gasteiger partial charge in [0.1, 0.15) is 0 Å². The Morgan fingerprint density at radius 1 is 0.643 bits per heavy atom. The summed E-state index contributed by atoms with van der Waals surface area (Å²) in [6, 6.07) is 0. The van der Waals surface area contributed by atoms with Crippen LogP contribution >= 0.6 is 0 Å². The van der Waals surface area contributed by atoms with Gasteiger partial charge in [0.05, 0.1) is 16.2 Å². The molecule has 2 unspecified atom stereocenters. The zero-order chi connectivity index (χ0) is 20.4. The summed E-state index contributed by atoms with van der Waals surface area (Å²) in [5.74, 6) is 0. The smallest absolute Gasteiger partial charge is 0.748 e. The van der Waals surface area contributed by atoms with E-state index in [9.17, 15) is 18.1 Å². The first-order valence-electron chi connectivity index (χ1n) is 11.5. The number of unbranched alkanes of at least 4 members (excludes halogenated alkanes) is 11. The Morgan fingerprint density at radius 3 is 1.46 bits per heavy atom. The molecule has 6 heteroatoms. The van der Waals surface area contributed by atoms with Gasteiger partial charge >= 0.3 is 51.4 Å². The minimum Gasteiger partial charge on any atom is -0.748 e. The van der Waals surface area contributed by atoms with Gasteiger partial charge in [-0.1, -0.05) is 97.3 Å². The molecule has 0 fully saturated rings. The van der Waals surface area contributed by atoms with Crippen molar-refractivity contribution in [3.8, 4) is 0 Å². The molecule has 0 aromatic carbocycles. The average molecular weight is 445 g/mol. The van der Waals surface area contributed by atoms with Crippen LogP contribution in [0.3, 0.4) is 0 Å². The predicted octanol–water partition coefficient (Wildman–Crippen LogP) is 3.33. The molecule has 0 amide bonds. The van der Waals surface area contributed by atoms with Gasteiger partial charge < -0.3 is 9.66 Å². The van der Waals surface area contributed by atoms with Crippen molar-refractivity contribution in [3.63, 3.8) is 0 Å². The Kier molecular flexibility index (Phi) is 24.6. The summed E-state index contributed by atoms with van der Waals surface area (Å²) in [6.45, 7) is 4.38. The summed E-state index contributed by atoms with van der Waals surface area (Å²) in [6.07, 6.45) is 17.7. The van der Waals surface area contributed by atoms with Crippen LogP contribution in [0, 0.1) is 0 Å². The molecule has 0 aliphatic rings. The van der Waals surface area contributed by atoms with E-state index in [0.717, 1.165) is 38.5 Å². The quantitative estimate of drug-likeness (QED) is 0.177. The third kappa shape index (κ3) is 20.8. The Balaban J connectivity index is 0. The van der Waals surface area contributed by atoms with Gasteiger partial charge in [0.25, 0.3) is 0 Å². The second-order valence-electron chi connectivity index (χ2n) is 8.17. The fraction of sp³-hybridized carbons (Fsp3) is 1.00. The van der Waals surface area contributed by atoms with Gasteiger partial charge in [0.2, 0.25) is 0 Å². The normalized spacial score (nSPS) is 13.9. The second kappa shape index (κ2) is 21.7. The Labute approximate surface area is 218 Å². The second-order valence-corrected chi connectivity index (χ2v) is 9.82. The van der Waals surface area contributed by atoms with Crippen molar-refractivity contribution < 1.29 is 69.5 Å². The fourth-order valence-corrected chi connectivity index (χ4v) is 4.56. The molecule has 0 radical (unpaired) electrons. The largest absolute Gasteiger partial charge is 1.00 e. The summed E-state index contributed by atoms with van der Waals surface area (Å²) in [7, 11) is -4.22. The maximum absolute atomic E-state index is 11.5. The maximum Gasteiger partial charge on any atom is 1.00 e.